The van der Waals surface area contributed by atoms with E-state index < -0.39 is 6.10 Å². The van der Waals surface area contributed by atoms with Gasteiger partial charge < -0.3 is 24.8 Å². The quantitative estimate of drug-likeness (QED) is 0.804. The number of thiocarbonyl (C=S) groups is 1. The number of nitrogens with one attached hydrogen (secondary N) is 1. The first-order chi connectivity index (χ1) is 12.0. The molecule has 1 aliphatic heterocycles. The van der Waals surface area contributed by atoms with Crippen LogP contribution in [0.4, 0.5) is 0 Å². The van der Waals surface area contributed by atoms with Crippen LogP contribution in [-0.4, -0.2) is 41.9 Å². The van der Waals surface area contributed by atoms with Crippen LogP contribution in [-0.2, 0) is 6.54 Å². The fraction of sp³-hybridized carbons (Fsp3) is 0.632. The van der Waals surface area contributed by atoms with Gasteiger partial charge in [-0.1, -0.05) is 19.8 Å². The first-order valence-electron chi connectivity index (χ1n) is 9.02. The van der Waals surface area contributed by atoms with E-state index in [4.69, 9.17) is 21.7 Å². The summed E-state index contributed by atoms with van der Waals surface area (Å²) in [6.07, 6.45) is 4.31. The molecule has 6 heteroatoms. The second-order valence-electron chi connectivity index (χ2n) is 7.08. The Labute approximate surface area is 155 Å². The molecule has 0 spiro atoms. The van der Waals surface area contributed by atoms with Gasteiger partial charge in [0.05, 0.1) is 20.8 Å². The molecule has 0 aromatic heterocycles. The summed E-state index contributed by atoms with van der Waals surface area (Å²) >= 11 is 5.66. The number of aliphatic hydroxyl groups is 1. The maximum atomic E-state index is 10.7. The van der Waals surface area contributed by atoms with E-state index in [2.05, 4.69) is 12.2 Å². The summed E-state index contributed by atoms with van der Waals surface area (Å²) in [5.41, 5.74) is 1.76. The predicted octanol–water partition coefficient (Wildman–Crippen LogP) is 3.01. The number of β-amino-alcohol motifs (C(OH)–C–C–N with tert-alkyl or cyclic N) is 1. The van der Waals surface area contributed by atoms with Gasteiger partial charge in [-0.05, 0) is 43.1 Å². The number of aliphatic hydroxyl groups excluding tert-OH is 1. The minimum absolute atomic E-state index is 0.423. The Hall–Kier alpha value is -1.53. The highest BCUT2D eigenvalue weighted by Crippen LogP contribution is 2.39. The summed E-state index contributed by atoms with van der Waals surface area (Å²) in [4.78, 5) is 2.03. The van der Waals surface area contributed by atoms with Gasteiger partial charge in [-0.15, -0.1) is 0 Å². The molecule has 1 aromatic carbocycles. The Morgan fingerprint density at radius 3 is 2.56 bits per heavy atom. The zero-order valence-corrected chi connectivity index (χ0v) is 16.1. The number of fused-ring (bicyclic) bond motifs is 1. The number of ether oxygens (including phenoxy) is 2. The Kier molecular flexibility index (Phi) is 5.69. The maximum absolute atomic E-state index is 10.7. The second-order valence-corrected chi connectivity index (χ2v) is 7.46. The van der Waals surface area contributed by atoms with Crippen LogP contribution in [0.5, 0.6) is 11.5 Å². The molecule has 1 fully saturated rings. The average Bonchev–Trinajstić information content (AvgIpc) is 2.62. The highest BCUT2D eigenvalue weighted by Gasteiger charge is 2.32. The van der Waals surface area contributed by atoms with Crippen LogP contribution in [0, 0.1) is 5.92 Å². The summed E-state index contributed by atoms with van der Waals surface area (Å²) in [6, 6.07) is 4.15. The number of hydrogen-bond donors (Lipinski definition) is 2. The third kappa shape index (κ3) is 3.70. The Bertz CT molecular complexity index is 637. The Morgan fingerprint density at radius 1 is 1.20 bits per heavy atom. The van der Waals surface area contributed by atoms with Gasteiger partial charge in [0, 0.05) is 23.7 Å². The van der Waals surface area contributed by atoms with Gasteiger partial charge in [0.2, 0.25) is 0 Å². The van der Waals surface area contributed by atoms with Crippen molar-refractivity contribution in [2.75, 3.05) is 20.8 Å². The molecular formula is C19H28N2O3S. The molecule has 2 aliphatic rings. The van der Waals surface area contributed by atoms with Crippen LogP contribution in [0.15, 0.2) is 12.1 Å². The smallest absolute Gasteiger partial charge is 0.169 e. The third-order valence-electron chi connectivity index (χ3n) is 5.50. The van der Waals surface area contributed by atoms with E-state index in [9.17, 15) is 5.11 Å². The zero-order valence-electron chi connectivity index (χ0n) is 15.2. The zero-order chi connectivity index (χ0) is 18.0. The van der Waals surface area contributed by atoms with Crippen molar-refractivity contribution in [2.45, 2.75) is 51.3 Å². The summed E-state index contributed by atoms with van der Waals surface area (Å²) in [6.45, 7) is 3.36. The molecule has 3 rings (SSSR count). The van der Waals surface area contributed by atoms with Crippen molar-refractivity contribution < 1.29 is 14.6 Å². The molecule has 0 amide bonds. The third-order valence-corrected chi connectivity index (χ3v) is 5.87. The van der Waals surface area contributed by atoms with Crippen LogP contribution < -0.4 is 14.8 Å². The van der Waals surface area contributed by atoms with E-state index in [1.54, 1.807) is 14.2 Å². The molecule has 0 saturated heterocycles. The van der Waals surface area contributed by atoms with Gasteiger partial charge in [-0.2, -0.15) is 0 Å². The molecule has 1 aliphatic carbocycles. The molecule has 1 heterocycles. The van der Waals surface area contributed by atoms with Crippen molar-refractivity contribution in [3.63, 3.8) is 0 Å². The van der Waals surface area contributed by atoms with Gasteiger partial charge in [0.25, 0.3) is 0 Å². The topological polar surface area (TPSA) is 54.0 Å². The van der Waals surface area contributed by atoms with Crippen molar-refractivity contribution in [3.05, 3.63) is 23.3 Å². The minimum Gasteiger partial charge on any atom is -0.496 e. The van der Waals surface area contributed by atoms with Crippen LogP contribution >= 0.6 is 12.2 Å². The van der Waals surface area contributed by atoms with E-state index >= 15 is 0 Å². The van der Waals surface area contributed by atoms with Crippen molar-refractivity contribution in [1.82, 2.24) is 10.2 Å². The Morgan fingerprint density at radius 2 is 1.88 bits per heavy atom. The average molecular weight is 365 g/mol. The lowest BCUT2D eigenvalue weighted by Crippen LogP contribution is -2.49. The van der Waals surface area contributed by atoms with Crippen molar-refractivity contribution in [1.29, 1.82) is 0 Å². The number of rotatable bonds is 3. The number of nitrogens with zero attached hydrogens (tertiary/aromatic N) is 1. The fourth-order valence-corrected chi connectivity index (χ4v) is 4.30. The lowest BCUT2D eigenvalue weighted by Gasteiger charge is -2.38. The largest absolute Gasteiger partial charge is 0.496 e. The Balaban J connectivity index is 1.79. The van der Waals surface area contributed by atoms with E-state index in [-0.39, 0.29) is 0 Å². The van der Waals surface area contributed by atoms with Crippen LogP contribution in [0.2, 0.25) is 0 Å². The molecule has 25 heavy (non-hydrogen) atoms. The molecule has 1 aromatic rings. The van der Waals surface area contributed by atoms with E-state index in [1.807, 2.05) is 17.0 Å². The van der Waals surface area contributed by atoms with Crippen LogP contribution in [0.3, 0.4) is 0 Å². The first-order valence-corrected chi connectivity index (χ1v) is 9.43. The number of hydrogen-bond acceptors (Lipinski definition) is 4. The fourth-order valence-electron chi connectivity index (χ4n) is 4.01. The lowest BCUT2D eigenvalue weighted by atomic mass is 9.86. The van der Waals surface area contributed by atoms with Crippen LogP contribution in [0.1, 0.15) is 49.8 Å². The second kappa shape index (κ2) is 7.79. The van der Waals surface area contributed by atoms with Gasteiger partial charge in [-0.25, -0.2) is 0 Å². The number of methoxy groups -OCH3 is 2. The normalized spacial score (nSPS) is 25.9. The summed E-state index contributed by atoms with van der Waals surface area (Å²) < 4.78 is 10.9. The summed E-state index contributed by atoms with van der Waals surface area (Å²) in [5.74, 6) is 2.08. The molecule has 0 radical (unpaired) electrons. The maximum Gasteiger partial charge on any atom is 0.169 e. The van der Waals surface area contributed by atoms with Crippen molar-refractivity contribution in [3.8, 4) is 11.5 Å². The van der Waals surface area contributed by atoms with Gasteiger partial charge in [0.1, 0.15) is 17.6 Å². The van der Waals surface area contributed by atoms with Crippen molar-refractivity contribution >= 4 is 17.3 Å². The molecule has 3 atom stereocenters. The highest BCUT2D eigenvalue weighted by atomic mass is 32.1. The lowest BCUT2D eigenvalue weighted by molar-refractivity contribution is 0.120. The summed E-state index contributed by atoms with van der Waals surface area (Å²) in [7, 11) is 3.27. The van der Waals surface area contributed by atoms with E-state index in [0.717, 1.165) is 23.3 Å². The number of benzene rings is 1. The molecule has 0 unspecified atom stereocenters. The monoisotopic (exact) mass is 364 g/mol. The molecule has 138 valence electrons. The summed E-state index contributed by atoms with van der Waals surface area (Å²) in [5, 5.41) is 15.0. The van der Waals surface area contributed by atoms with Crippen molar-refractivity contribution in [2.24, 2.45) is 5.92 Å². The van der Waals surface area contributed by atoms with Crippen LogP contribution in [0.25, 0.3) is 0 Å². The van der Waals surface area contributed by atoms with E-state index in [1.165, 1.54) is 19.3 Å². The van der Waals surface area contributed by atoms with E-state index in [0.29, 0.717) is 35.9 Å². The molecule has 0 bridgehead atoms. The molecule has 5 nitrogen and oxygen atoms in total. The molecule has 2 N–H and O–H groups in total. The molecule has 1 saturated carbocycles. The van der Waals surface area contributed by atoms with Gasteiger partial charge in [0.15, 0.2) is 5.11 Å². The molecular weight excluding hydrogens is 336 g/mol. The first kappa shape index (κ1) is 18.3. The SMILES string of the molecule is COc1ccc(OC)c2c1CN(C(=S)N[C@@H]1CCCC[C@H]1C)C[C@H]2O. The minimum atomic E-state index is -0.655. The highest BCUT2D eigenvalue weighted by molar-refractivity contribution is 7.80. The van der Waals surface area contributed by atoms with Gasteiger partial charge >= 0.3 is 0 Å². The van der Waals surface area contributed by atoms with Gasteiger partial charge in [-0.3, -0.25) is 0 Å². The predicted molar refractivity (Wildman–Crippen MR) is 102 cm³/mol. The standard InChI is InChI=1S/C19H28N2O3S/c1-12-6-4-5-7-14(12)20-19(25)21-10-13-16(23-2)8-9-17(24-3)18(13)15(22)11-21/h8-9,12,14-15,22H,4-7,10-11H2,1-3H3,(H,20,25)/t12-,14-,15-/m1/s1.